The van der Waals surface area contributed by atoms with Gasteiger partial charge in [0.1, 0.15) is 0 Å². The largest absolute Gasteiger partial charge is 0.450 e. The lowest BCUT2D eigenvalue weighted by atomic mass is 10.0. The molecule has 1 N–H and O–H groups in total. The van der Waals surface area contributed by atoms with Crippen LogP contribution in [0.1, 0.15) is 42.6 Å². The van der Waals surface area contributed by atoms with Gasteiger partial charge < -0.3 is 19.9 Å². The number of pyridine rings is 1. The first-order chi connectivity index (χ1) is 14.0. The van der Waals surface area contributed by atoms with Crippen molar-refractivity contribution in [2.45, 2.75) is 26.7 Å². The van der Waals surface area contributed by atoms with Crippen molar-refractivity contribution < 1.29 is 14.3 Å². The first-order valence-electron chi connectivity index (χ1n) is 10.0. The molecule has 1 aromatic carbocycles. The number of piperazine rings is 1. The fraction of sp³-hybridized carbons (Fsp3) is 0.409. The minimum atomic E-state index is -0.323. The van der Waals surface area contributed by atoms with Crippen LogP contribution in [-0.4, -0.2) is 59.6 Å². The summed E-state index contributed by atoms with van der Waals surface area (Å²) < 4.78 is 5.03. The number of amides is 2. The van der Waals surface area contributed by atoms with Gasteiger partial charge in [0.25, 0.3) is 5.91 Å². The number of anilines is 2. The normalized spacial score (nSPS) is 14.1. The van der Waals surface area contributed by atoms with Gasteiger partial charge in [0.15, 0.2) is 0 Å². The summed E-state index contributed by atoms with van der Waals surface area (Å²) >= 11 is 0. The molecule has 0 saturated carbocycles. The molecule has 1 aliphatic rings. The van der Waals surface area contributed by atoms with E-state index in [1.807, 2.05) is 24.3 Å². The van der Waals surface area contributed by atoms with Gasteiger partial charge in [-0.25, -0.2) is 4.79 Å². The molecule has 3 rings (SSSR count). The van der Waals surface area contributed by atoms with E-state index < -0.39 is 0 Å². The Morgan fingerprint density at radius 1 is 1.10 bits per heavy atom. The zero-order valence-electron chi connectivity index (χ0n) is 17.2. The van der Waals surface area contributed by atoms with Crippen molar-refractivity contribution in [1.82, 2.24) is 14.8 Å². The molecule has 1 aromatic heterocycles. The standard InChI is InChI=1S/C22H28N4O3/c1-4-29-22(28)26-11-9-25(10-12-26)21(27)17-13-18(15-23-14-17)24-20-8-6-5-7-19(20)16(2)3/h5-8,13-16,24H,4,9-12H2,1-3H3. The number of hydrogen-bond donors (Lipinski definition) is 1. The quantitative estimate of drug-likeness (QED) is 0.831. The molecule has 1 saturated heterocycles. The number of ether oxygens (including phenoxy) is 1. The Labute approximate surface area is 171 Å². The Morgan fingerprint density at radius 3 is 2.48 bits per heavy atom. The maximum atomic E-state index is 12.9. The van der Waals surface area contributed by atoms with E-state index in [0.29, 0.717) is 44.3 Å². The maximum Gasteiger partial charge on any atom is 0.409 e. The summed E-state index contributed by atoms with van der Waals surface area (Å²) in [5, 5.41) is 3.39. The molecule has 0 spiro atoms. The summed E-state index contributed by atoms with van der Waals surface area (Å²) in [7, 11) is 0. The molecule has 7 heteroatoms. The van der Waals surface area contributed by atoms with Crippen LogP contribution in [-0.2, 0) is 4.74 Å². The zero-order chi connectivity index (χ0) is 20.8. The molecule has 0 aliphatic carbocycles. The third-order valence-electron chi connectivity index (χ3n) is 4.94. The molecule has 2 aromatic rings. The van der Waals surface area contributed by atoms with Gasteiger partial charge in [-0.2, -0.15) is 0 Å². The van der Waals surface area contributed by atoms with E-state index in [1.165, 1.54) is 5.56 Å². The van der Waals surface area contributed by atoms with Crippen molar-refractivity contribution in [3.05, 3.63) is 53.9 Å². The monoisotopic (exact) mass is 396 g/mol. The third kappa shape index (κ3) is 5.04. The van der Waals surface area contributed by atoms with Gasteiger partial charge in [0, 0.05) is 38.1 Å². The number of carbonyl (C=O) groups is 2. The number of nitrogens with zero attached hydrogens (tertiary/aromatic N) is 3. The third-order valence-corrected chi connectivity index (χ3v) is 4.94. The second-order valence-electron chi connectivity index (χ2n) is 7.31. The van der Waals surface area contributed by atoms with E-state index in [-0.39, 0.29) is 12.0 Å². The highest BCUT2D eigenvalue weighted by atomic mass is 16.6. The average molecular weight is 396 g/mol. The number of aromatic nitrogens is 1. The van der Waals surface area contributed by atoms with Crippen LogP contribution < -0.4 is 5.32 Å². The average Bonchev–Trinajstić information content (AvgIpc) is 2.74. The highest BCUT2D eigenvalue weighted by Gasteiger charge is 2.25. The number of hydrogen-bond acceptors (Lipinski definition) is 5. The number of benzene rings is 1. The van der Waals surface area contributed by atoms with Crippen molar-refractivity contribution >= 4 is 23.4 Å². The molecule has 0 unspecified atom stereocenters. The Hall–Kier alpha value is -3.09. The van der Waals surface area contributed by atoms with Crippen LogP contribution in [0.5, 0.6) is 0 Å². The van der Waals surface area contributed by atoms with Crippen molar-refractivity contribution in [3.63, 3.8) is 0 Å². The lowest BCUT2D eigenvalue weighted by Crippen LogP contribution is -2.50. The molecule has 1 aliphatic heterocycles. The minimum absolute atomic E-state index is 0.0817. The Morgan fingerprint density at radius 2 is 1.79 bits per heavy atom. The van der Waals surface area contributed by atoms with E-state index in [9.17, 15) is 9.59 Å². The maximum absolute atomic E-state index is 12.9. The molecule has 1 fully saturated rings. The highest BCUT2D eigenvalue weighted by Crippen LogP contribution is 2.27. The van der Waals surface area contributed by atoms with Crippen LogP contribution >= 0.6 is 0 Å². The molecular weight excluding hydrogens is 368 g/mol. The molecule has 0 bridgehead atoms. The minimum Gasteiger partial charge on any atom is -0.450 e. The molecule has 2 heterocycles. The second-order valence-corrected chi connectivity index (χ2v) is 7.31. The number of rotatable bonds is 5. The fourth-order valence-corrected chi connectivity index (χ4v) is 3.38. The molecule has 2 amide bonds. The first kappa shape index (κ1) is 20.6. The topological polar surface area (TPSA) is 74.8 Å². The van der Waals surface area contributed by atoms with Gasteiger partial charge in [-0.15, -0.1) is 0 Å². The first-order valence-corrected chi connectivity index (χ1v) is 10.0. The molecule has 0 radical (unpaired) electrons. The summed E-state index contributed by atoms with van der Waals surface area (Å²) in [5.41, 5.74) is 3.52. The number of para-hydroxylation sites is 1. The molecule has 0 atom stereocenters. The number of carbonyl (C=O) groups excluding carboxylic acids is 2. The fourth-order valence-electron chi connectivity index (χ4n) is 3.38. The van der Waals surface area contributed by atoms with E-state index >= 15 is 0 Å². The smallest absolute Gasteiger partial charge is 0.409 e. The van der Waals surface area contributed by atoms with Gasteiger partial charge in [0.2, 0.25) is 0 Å². The van der Waals surface area contributed by atoms with Crippen molar-refractivity contribution in [2.75, 3.05) is 38.1 Å². The Balaban J connectivity index is 1.67. The van der Waals surface area contributed by atoms with Crippen LogP contribution in [0.3, 0.4) is 0 Å². The predicted molar refractivity (Wildman–Crippen MR) is 113 cm³/mol. The van der Waals surface area contributed by atoms with Gasteiger partial charge in [-0.3, -0.25) is 9.78 Å². The molecular formula is C22H28N4O3. The van der Waals surface area contributed by atoms with Crippen LogP contribution in [0.25, 0.3) is 0 Å². The van der Waals surface area contributed by atoms with Crippen LogP contribution in [0.15, 0.2) is 42.7 Å². The van der Waals surface area contributed by atoms with Crippen molar-refractivity contribution in [3.8, 4) is 0 Å². The second kappa shape index (κ2) is 9.41. The summed E-state index contributed by atoms with van der Waals surface area (Å²) in [5.74, 6) is 0.300. The van der Waals surface area contributed by atoms with Crippen molar-refractivity contribution in [2.24, 2.45) is 0 Å². The molecule has 154 valence electrons. The summed E-state index contributed by atoms with van der Waals surface area (Å²) in [6.45, 7) is 8.32. The zero-order valence-corrected chi connectivity index (χ0v) is 17.2. The van der Waals surface area contributed by atoms with Crippen LogP contribution in [0.2, 0.25) is 0 Å². The van der Waals surface area contributed by atoms with Gasteiger partial charge >= 0.3 is 6.09 Å². The van der Waals surface area contributed by atoms with Gasteiger partial charge in [-0.05, 0) is 30.5 Å². The van der Waals surface area contributed by atoms with E-state index in [1.54, 1.807) is 29.1 Å². The van der Waals surface area contributed by atoms with Gasteiger partial charge in [-0.1, -0.05) is 32.0 Å². The summed E-state index contributed by atoms with van der Waals surface area (Å²) in [6, 6.07) is 9.95. The Bertz CT molecular complexity index is 861. The van der Waals surface area contributed by atoms with Crippen LogP contribution in [0, 0.1) is 0 Å². The SMILES string of the molecule is CCOC(=O)N1CCN(C(=O)c2cncc(Nc3ccccc3C(C)C)c2)CC1. The molecule has 29 heavy (non-hydrogen) atoms. The van der Waals surface area contributed by atoms with Gasteiger partial charge in [0.05, 0.1) is 24.1 Å². The number of nitrogens with one attached hydrogen (secondary N) is 1. The van der Waals surface area contributed by atoms with Crippen LogP contribution in [0.4, 0.5) is 16.2 Å². The predicted octanol–water partition coefficient (Wildman–Crippen LogP) is 3.86. The molecule has 7 nitrogen and oxygen atoms in total. The van der Waals surface area contributed by atoms with E-state index in [0.717, 1.165) is 11.4 Å². The lowest BCUT2D eigenvalue weighted by molar-refractivity contribution is 0.0570. The summed E-state index contributed by atoms with van der Waals surface area (Å²) in [4.78, 5) is 32.3. The lowest BCUT2D eigenvalue weighted by Gasteiger charge is -2.34. The highest BCUT2D eigenvalue weighted by molar-refractivity contribution is 5.95. The summed E-state index contributed by atoms with van der Waals surface area (Å²) in [6.07, 6.45) is 2.97. The van der Waals surface area contributed by atoms with E-state index in [4.69, 9.17) is 4.74 Å². The van der Waals surface area contributed by atoms with E-state index in [2.05, 4.69) is 30.2 Å². The van der Waals surface area contributed by atoms with Crippen molar-refractivity contribution in [1.29, 1.82) is 0 Å². The Kier molecular flexibility index (Phi) is 6.69.